The summed E-state index contributed by atoms with van der Waals surface area (Å²) in [7, 11) is -4.20. The van der Waals surface area contributed by atoms with E-state index in [-0.39, 0.29) is 11.2 Å². The van der Waals surface area contributed by atoms with Crippen LogP contribution in [0.2, 0.25) is 0 Å². The van der Waals surface area contributed by atoms with E-state index in [2.05, 4.69) is 5.32 Å². The van der Waals surface area contributed by atoms with Gasteiger partial charge in [-0.15, -0.1) is 0 Å². The maximum atomic E-state index is 12.6. The topological polar surface area (TPSA) is 93.3 Å². The Bertz CT molecular complexity index is 807. The average Bonchev–Trinajstić information content (AvgIpc) is 2.69. The highest BCUT2D eigenvalue weighted by atomic mass is 32.2. The molecule has 1 aromatic carbocycles. The molecule has 1 aromatic heterocycles. The third kappa shape index (κ3) is 3.40. The number of hydrogen-bond donors (Lipinski definition) is 2. The Morgan fingerprint density at radius 1 is 1.23 bits per heavy atom. The van der Waals surface area contributed by atoms with E-state index >= 15 is 0 Å². The van der Waals surface area contributed by atoms with E-state index in [0.717, 1.165) is 6.42 Å². The number of aromatic nitrogens is 2. The third-order valence-electron chi connectivity index (χ3n) is 3.26. The first-order valence-electron chi connectivity index (χ1n) is 6.92. The van der Waals surface area contributed by atoms with E-state index in [1.54, 1.807) is 23.7 Å². The second kappa shape index (κ2) is 6.37. The van der Waals surface area contributed by atoms with Crippen molar-refractivity contribution in [2.45, 2.75) is 26.8 Å². The first-order valence-corrected chi connectivity index (χ1v) is 8.53. The molecule has 0 aliphatic carbocycles. The summed E-state index contributed by atoms with van der Waals surface area (Å²) in [6, 6.07) is 9.11. The van der Waals surface area contributed by atoms with Gasteiger partial charge in [-0.2, -0.15) is 8.42 Å². The predicted octanol–water partition coefficient (Wildman–Crippen LogP) is 1.61. The van der Waals surface area contributed by atoms with Crippen LogP contribution in [0.5, 0.6) is 0 Å². The standard InChI is InChI=1S/C14H19N3O4S/c1-3-9-16-11(2)13(15-10-22(19,20)21)14(18)17(16)12-7-5-4-6-8-12/h4-8,15H,3,9-10H2,1-2H3,(H,19,20,21). The largest absolute Gasteiger partial charge is 0.364 e. The van der Waals surface area contributed by atoms with Crippen molar-refractivity contribution in [3.05, 3.63) is 46.4 Å². The molecule has 0 amide bonds. The minimum atomic E-state index is -4.20. The maximum Gasteiger partial charge on any atom is 0.295 e. The van der Waals surface area contributed by atoms with Crippen LogP contribution in [0, 0.1) is 6.92 Å². The molecular weight excluding hydrogens is 306 g/mol. The van der Waals surface area contributed by atoms with E-state index in [4.69, 9.17) is 4.55 Å². The normalized spacial score (nSPS) is 11.6. The van der Waals surface area contributed by atoms with Gasteiger partial charge in [-0.05, 0) is 25.5 Å². The summed E-state index contributed by atoms with van der Waals surface area (Å²) in [5.74, 6) is -0.700. The van der Waals surface area contributed by atoms with Crippen LogP contribution >= 0.6 is 0 Å². The molecule has 8 heteroatoms. The molecule has 120 valence electrons. The quantitative estimate of drug-likeness (QED) is 0.787. The Kier molecular flexibility index (Phi) is 4.72. The second-order valence-corrected chi connectivity index (χ2v) is 6.39. The number of anilines is 1. The lowest BCUT2D eigenvalue weighted by Gasteiger charge is -2.12. The second-order valence-electron chi connectivity index (χ2n) is 4.94. The van der Waals surface area contributed by atoms with Crippen molar-refractivity contribution < 1.29 is 13.0 Å². The number of nitrogens with one attached hydrogen (secondary N) is 1. The van der Waals surface area contributed by atoms with Crippen molar-refractivity contribution >= 4 is 15.8 Å². The average molecular weight is 325 g/mol. The van der Waals surface area contributed by atoms with Crippen molar-refractivity contribution in [2.75, 3.05) is 11.2 Å². The molecule has 2 aromatic rings. The number of benzene rings is 1. The van der Waals surface area contributed by atoms with Crippen molar-refractivity contribution in [1.29, 1.82) is 0 Å². The summed E-state index contributed by atoms with van der Waals surface area (Å²) in [6.07, 6.45) is 0.819. The van der Waals surface area contributed by atoms with E-state index in [1.165, 1.54) is 4.68 Å². The summed E-state index contributed by atoms with van der Waals surface area (Å²) in [6.45, 7) is 4.34. The Labute approximate surface area is 128 Å². The van der Waals surface area contributed by atoms with Gasteiger partial charge in [0.1, 0.15) is 11.6 Å². The molecule has 0 unspecified atom stereocenters. The van der Waals surface area contributed by atoms with Crippen molar-refractivity contribution in [1.82, 2.24) is 9.36 Å². The third-order valence-corrected chi connectivity index (χ3v) is 3.77. The fourth-order valence-electron chi connectivity index (χ4n) is 2.32. The van der Waals surface area contributed by atoms with Gasteiger partial charge in [0.25, 0.3) is 15.7 Å². The molecule has 2 N–H and O–H groups in total. The molecule has 7 nitrogen and oxygen atoms in total. The molecule has 0 spiro atoms. The van der Waals surface area contributed by atoms with Crippen molar-refractivity contribution in [3.63, 3.8) is 0 Å². The minimum Gasteiger partial charge on any atom is -0.364 e. The highest BCUT2D eigenvalue weighted by Gasteiger charge is 2.18. The highest BCUT2D eigenvalue weighted by molar-refractivity contribution is 7.85. The van der Waals surface area contributed by atoms with E-state index in [1.807, 2.05) is 25.1 Å². The van der Waals surface area contributed by atoms with Gasteiger partial charge in [0.05, 0.1) is 11.4 Å². The number of hydrogen-bond acceptors (Lipinski definition) is 4. The smallest absolute Gasteiger partial charge is 0.295 e. The molecule has 0 aliphatic rings. The molecule has 0 bridgehead atoms. The lowest BCUT2D eigenvalue weighted by Crippen LogP contribution is -2.23. The monoisotopic (exact) mass is 325 g/mol. The van der Waals surface area contributed by atoms with Crippen LogP contribution in [0.1, 0.15) is 19.0 Å². The van der Waals surface area contributed by atoms with Gasteiger partial charge in [0.2, 0.25) is 0 Å². The van der Waals surface area contributed by atoms with Gasteiger partial charge in [-0.1, -0.05) is 25.1 Å². The van der Waals surface area contributed by atoms with E-state index in [0.29, 0.717) is 17.9 Å². The Morgan fingerprint density at radius 3 is 2.41 bits per heavy atom. The SMILES string of the molecule is CCCn1c(C)c(NCS(=O)(=O)O)c(=O)n1-c1ccccc1. The highest BCUT2D eigenvalue weighted by Crippen LogP contribution is 2.16. The zero-order valence-electron chi connectivity index (χ0n) is 12.5. The summed E-state index contributed by atoms with van der Waals surface area (Å²) >= 11 is 0. The van der Waals surface area contributed by atoms with Crippen molar-refractivity contribution in [2.24, 2.45) is 0 Å². The first-order chi connectivity index (χ1) is 10.3. The molecule has 0 aliphatic heterocycles. The predicted molar refractivity (Wildman–Crippen MR) is 85.1 cm³/mol. The lowest BCUT2D eigenvalue weighted by atomic mass is 10.3. The molecule has 0 atom stereocenters. The zero-order valence-corrected chi connectivity index (χ0v) is 13.3. The molecular formula is C14H19N3O4S. The Hall–Kier alpha value is -2.06. The Morgan fingerprint density at radius 2 is 1.86 bits per heavy atom. The fraction of sp³-hybridized carbons (Fsp3) is 0.357. The maximum absolute atomic E-state index is 12.6. The molecule has 2 rings (SSSR count). The van der Waals surface area contributed by atoms with E-state index in [9.17, 15) is 13.2 Å². The van der Waals surface area contributed by atoms with Gasteiger partial charge < -0.3 is 5.32 Å². The van der Waals surface area contributed by atoms with Crippen LogP contribution in [0.25, 0.3) is 5.69 Å². The molecule has 1 heterocycles. The van der Waals surface area contributed by atoms with Gasteiger partial charge in [0.15, 0.2) is 0 Å². The first kappa shape index (κ1) is 16.3. The van der Waals surface area contributed by atoms with Crippen LogP contribution in [-0.2, 0) is 16.7 Å². The van der Waals surface area contributed by atoms with Crippen LogP contribution < -0.4 is 10.9 Å². The van der Waals surface area contributed by atoms with Gasteiger partial charge in [-0.25, -0.2) is 4.68 Å². The molecule has 0 radical (unpaired) electrons. The lowest BCUT2D eigenvalue weighted by molar-refractivity contribution is 0.485. The Balaban J connectivity index is 2.56. The summed E-state index contributed by atoms with van der Waals surface area (Å²) < 4.78 is 33.9. The summed E-state index contributed by atoms with van der Waals surface area (Å²) in [5, 5.41) is 2.52. The van der Waals surface area contributed by atoms with Gasteiger partial charge in [-0.3, -0.25) is 14.0 Å². The molecule has 0 saturated heterocycles. The molecule has 0 fully saturated rings. The van der Waals surface area contributed by atoms with Crippen LogP contribution in [0.4, 0.5) is 5.69 Å². The number of para-hydroxylation sites is 1. The molecule has 22 heavy (non-hydrogen) atoms. The number of rotatable bonds is 6. The summed E-state index contributed by atoms with van der Waals surface area (Å²) in [5.41, 5.74) is 1.15. The van der Waals surface area contributed by atoms with Crippen LogP contribution in [-0.4, -0.2) is 28.2 Å². The van der Waals surface area contributed by atoms with E-state index < -0.39 is 16.0 Å². The van der Waals surface area contributed by atoms with Crippen molar-refractivity contribution in [3.8, 4) is 5.69 Å². The van der Waals surface area contributed by atoms with Gasteiger partial charge >= 0.3 is 0 Å². The zero-order chi connectivity index (χ0) is 16.3. The number of nitrogens with zero attached hydrogens (tertiary/aromatic N) is 2. The van der Waals surface area contributed by atoms with Crippen LogP contribution in [0.3, 0.4) is 0 Å². The summed E-state index contributed by atoms with van der Waals surface area (Å²) in [4.78, 5) is 12.6. The minimum absolute atomic E-state index is 0.176. The van der Waals surface area contributed by atoms with Crippen LogP contribution in [0.15, 0.2) is 35.1 Å². The fourth-order valence-corrected chi connectivity index (χ4v) is 2.65. The molecule has 0 saturated carbocycles. The van der Waals surface area contributed by atoms with Gasteiger partial charge in [0, 0.05) is 6.54 Å².